The molecule has 144 valence electrons. The van der Waals surface area contributed by atoms with Gasteiger partial charge in [-0.3, -0.25) is 24.1 Å². The lowest BCUT2D eigenvalue weighted by atomic mass is 9.97. The molecule has 3 heterocycles. The Morgan fingerprint density at radius 2 is 2.15 bits per heavy atom. The van der Waals surface area contributed by atoms with Crippen LogP contribution >= 0.6 is 11.6 Å². The number of pyridine rings is 1. The van der Waals surface area contributed by atoms with Gasteiger partial charge in [0.15, 0.2) is 0 Å². The fourth-order valence-corrected chi connectivity index (χ4v) is 2.89. The van der Waals surface area contributed by atoms with Crippen molar-refractivity contribution < 1.29 is 19.7 Å². The van der Waals surface area contributed by atoms with Crippen LogP contribution in [0.15, 0.2) is 40.2 Å². The third-order valence-corrected chi connectivity index (χ3v) is 4.46. The van der Waals surface area contributed by atoms with Crippen LogP contribution in [0.4, 0.5) is 0 Å². The van der Waals surface area contributed by atoms with Crippen LogP contribution in [-0.2, 0) is 11.3 Å². The number of hydrogen-bond donors (Lipinski definition) is 4. The van der Waals surface area contributed by atoms with E-state index in [4.69, 9.17) is 16.3 Å². The number of nitrogens with one attached hydrogen (secondary N) is 2. The summed E-state index contributed by atoms with van der Waals surface area (Å²) in [7, 11) is 0. The molecule has 1 saturated heterocycles. The molecule has 1 aliphatic heterocycles. The number of nitrogens with zero attached hydrogens (tertiary/aromatic N) is 2. The zero-order valence-electron chi connectivity index (χ0n) is 13.9. The normalized spacial score (nSPS) is 25.1. The molecule has 1 amide bonds. The molecule has 3 rings (SSSR count). The number of carbonyl (C=O) groups excluding carboxylic acids is 1. The second-order valence-electron chi connectivity index (χ2n) is 6.04. The Morgan fingerprint density at radius 3 is 2.85 bits per heavy atom. The number of hydrogen-bond acceptors (Lipinski definition) is 7. The van der Waals surface area contributed by atoms with Crippen LogP contribution in [-0.4, -0.2) is 61.6 Å². The zero-order valence-corrected chi connectivity index (χ0v) is 14.7. The van der Waals surface area contributed by atoms with E-state index >= 15 is 0 Å². The molecule has 2 aromatic heterocycles. The van der Waals surface area contributed by atoms with Crippen LogP contribution in [0, 0.1) is 0 Å². The quantitative estimate of drug-likeness (QED) is 0.492. The summed E-state index contributed by atoms with van der Waals surface area (Å²) in [4.78, 5) is 41.2. The molecule has 0 bridgehead atoms. The largest absolute Gasteiger partial charge is 0.388 e. The first-order chi connectivity index (χ1) is 12.9. The lowest BCUT2D eigenvalue weighted by molar-refractivity contribution is -0.152. The Morgan fingerprint density at radius 1 is 1.37 bits per heavy atom. The van der Waals surface area contributed by atoms with Crippen molar-refractivity contribution >= 4 is 17.5 Å². The summed E-state index contributed by atoms with van der Waals surface area (Å²) in [6.07, 6.45) is -1.07. The van der Waals surface area contributed by atoms with E-state index in [-0.39, 0.29) is 23.9 Å². The first-order valence-electron chi connectivity index (χ1n) is 8.05. The van der Waals surface area contributed by atoms with Crippen LogP contribution in [0.1, 0.15) is 10.5 Å². The first kappa shape index (κ1) is 19.2. The van der Waals surface area contributed by atoms with Gasteiger partial charge in [-0.05, 0) is 12.1 Å². The van der Waals surface area contributed by atoms with E-state index in [0.717, 1.165) is 10.8 Å². The van der Waals surface area contributed by atoms with Gasteiger partial charge in [0.05, 0.1) is 19.2 Å². The fourth-order valence-electron chi connectivity index (χ4n) is 2.72. The molecule has 1 aliphatic rings. The molecule has 27 heavy (non-hydrogen) atoms. The van der Waals surface area contributed by atoms with Crippen LogP contribution in [0.25, 0.3) is 0 Å². The summed E-state index contributed by atoms with van der Waals surface area (Å²) in [6.45, 7) is -0.234. The third-order valence-electron chi connectivity index (χ3n) is 4.19. The molecular weight excluding hydrogens is 380 g/mol. The molecule has 2 aromatic rings. The molecule has 4 N–H and O–H groups in total. The molecule has 0 radical (unpaired) electrons. The summed E-state index contributed by atoms with van der Waals surface area (Å²) < 4.78 is 6.57. The van der Waals surface area contributed by atoms with Crippen LogP contribution in [0.3, 0.4) is 0 Å². The van der Waals surface area contributed by atoms with E-state index in [2.05, 4.69) is 10.3 Å². The summed E-state index contributed by atoms with van der Waals surface area (Å²) in [5, 5.41) is 23.0. The number of carbonyl (C=O) groups is 1. The second kappa shape index (κ2) is 8.01. The van der Waals surface area contributed by atoms with Gasteiger partial charge in [0.1, 0.15) is 29.0 Å². The molecule has 0 unspecified atom stereocenters. The lowest BCUT2D eigenvalue weighted by Gasteiger charge is -2.38. The highest BCUT2D eigenvalue weighted by Gasteiger charge is 2.39. The molecule has 10 nitrogen and oxygen atoms in total. The lowest BCUT2D eigenvalue weighted by Crippen LogP contribution is -2.60. The number of rotatable bonds is 4. The minimum atomic E-state index is -1.38. The Hall–Kier alpha value is -2.53. The summed E-state index contributed by atoms with van der Waals surface area (Å²) in [6, 6.07) is 3.96. The van der Waals surface area contributed by atoms with E-state index in [0.29, 0.717) is 0 Å². The van der Waals surface area contributed by atoms with Gasteiger partial charge in [0.2, 0.25) is 0 Å². The highest BCUT2D eigenvalue weighted by atomic mass is 35.5. The minimum Gasteiger partial charge on any atom is -0.388 e. The predicted molar refractivity (Wildman–Crippen MR) is 93.6 cm³/mol. The molecule has 1 fully saturated rings. The number of aromatic nitrogens is 3. The highest BCUT2D eigenvalue weighted by Crippen LogP contribution is 2.17. The Kier molecular flexibility index (Phi) is 5.71. The Balaban J connectivity index is 1.67. The van der Waals surface area contributed by atoms with E-state index < -0.39 is 41.5 Å². The average Bonchev–Trinajstić information content (AvgIpc) is 2.66. The minimum absolute atomic E-state index is 0.0900. The molecule has 0 aromatic carbocycles. The number of halogens is 1. The van der Waals surface area contributed by atoms with Crippen LogP contribution < -0.4 is 16.6 Å². The maximum Gasteiger partial charge on any atom is 0.328 e. The summed E-state index contributed by atoms with van der Waals surface area (Å²) in [5.74, 6) is -0.516. The summed E-state index contributed by atoms with van der Waals surface area (Å²) >= 11 is 5.70. The number of H-pyrrole nitrogens is 1. The third kappa shape index (κ3) is 4.25. The van der Waals surface area contributed by atoms with Crippen molar-refractivity contribution in [2.24, 2.45) is 0 Å². The van der Waals surface area contributed by atoms with Crippen molar-refractivity contribution in [3.05, 3.63) is 62.1 Å². The maximum absolute atomic E-state index is 12.1. The predicted octanol–water partition coefficient (Wildman–Crippen LogP) is -1.50. The van der Waals surface area contributed by atoms with E-state index in [9.17, 15) is 24.6 Å². The van der Waals surface area contributed by atoms with Gasteiger partial charge >= 0.3 is 5.69 Å². The standard InChI is InChI=1S/C16H17ClN4O6/c17-8-5-21(16(26)20-14(8)24)6-11-13(23)12(22)10(7-27-11)19-15(25)9-3-1-2-4-18-9/h1-5,10-13,22-23H,6-7H2,(H,19,25)(H,20,24,26)/t10-,11-,12+,13-/m1/s1. The molecule has 11 heteroatoms. The molecular formula is C16H17ClN4O6. The average molecular weight is 397 g/mol. The van der Waals surface area contributed by atoms with Crippen LogP contribution in [0.2, 0.25) is 5.02 Å². The number of amides is 1. The zero-order chi connectivity index (χ0) is 19.6. The van der Waals surface area contributed by atoms with Crippen molar-refractivity contribution in [3.63, 3.8) is 0 Å². The fraction of sp³-hybridized carbons (Fsp3) is 0.375. The molecule has 0 saturated carbocycles. The number of aliphatic hydroxyl groups excluding tert-OH is 2. The molecule has 4 atom stereocenters. The number of aliphatic hydroxyl groups is 2. The van der Waals surface area contributed by atoms with Gasteiger partial charge < -0.3 is 20.3 Å². The van der Waals surface area contributed by atoms with Gasteiger partial charge in [0.25, 0.3) is 11.5 Å². The number of aromatic amines is 1. The SMILES string of the molecule is O=C(N[C@@H]1CO[C@H](Cn2cc(Cl)c(=O)[nH]c2=O)[C@@H](O)[C@H]1O)c1ccccn1. The van der Waals surface area contributed by atoms with Crippen LogP contribution in [0.5, 0.6) is 0 Å². The molecule has 0 aliphatic carbocycles. The van der Waals surface area contributed by atoms with Gasteiger partial charge in [-0.15, -0.1) is 0 Å². The van der Waals surface area contributed by atoms with E-state index in [1.165, 1.54) is 12.3 Å². The van der Waals surface area contributed by atoms with Gasteiger partial charge in [0, 0.05) is 12.4 Å². The molecule has 0 spiro atoms. The van der Waals surface area contributed by atoms with Gasteiger partial charge in [-0.25, -0.2) is 4.79 Å². The maximum atomic E-state index is 12.1. The Labute approximate surface area is 157 Å². The smallest absolute Gasteiger partial charge is 0.328 e. The van der Waals surface area contributed by atoms with Crippen molar-refractivity contribution in [2.75, 3.05) is 6.61 Å². The second-order valence-corrected chi connectivity index (χ2v) is 6.44. The monoisotopic (exact) mass is 396 g/mol. The topological polar surface area (TPSA) is 147 Å². The van der Waals surface area contributed by atoms with E-state index in [1.807, 2.05) is 4.98 Å². The van der Waals surface area contributed by atoms with Crippen molar-refractivity contribution in [1.82, 2.24) is 19.9 Å². The number of ether oxygens (including phenoxy) is 1. The van der Waals surface area contributed by atoms with Crippen molar-refractivity contribution in [2.45, 2.75) is 30.9 Å². The highest BCUT2D eigenvalue weighted by molar-refractivity contribution is 6.30. The van der Waals surface area contributed by atoms with E-state index in [1.54, 1.807) is 12.1 Å². The van der Waals surface area contributed by atoms with Gasteiger partial charge in [-0.1, -0.05) is 17.7 Å². The summed E-state index contributed by atoms with van der Waals surface area (Å²) in [5.41, 5.74) is -1.28. The van der Waals surface area contributed by atoms with Crippen molar-refractivity contribution in [3.8, 4) is 0 Å². The van der Waals surface area contributed by atoms with Gasteiger partial charge in [-0.2, -0.15) is 0 Å². The Bertz CT molecular complexity index is 930. The van der Waals surface area contributed by atoms with Crippen molar-refractivity contribution in [1.29, 1.82) is 0 Å². The first-order valence-corrected chi connectivity index (χ1v) is 8.43.